The van der Waals surface area contributed by atoms with Gasteiger partial charge in [0.05, 0.1) is 7.11 Å². The Morgan fingerprint density at radius 1 is 1.20 bits per heavy atom. The van der Waals surface area contributed by atoms with Gasteiger partial charge in [0.25, 0.3) is 0 Å². The molecule has 0 aliphatic carbocycles. The quantitative estimate of drug-likeness (QED) is 0.738. The molecule has 0 saturated carbocycles. The molecule has 0 fully saturated rings. The molecule has 1 unspecified atom stereocenters. The van der Waals surface area contributed by atoms with Crippen molar-refractivity contribution in [3.63, 3.8) is 0 Å². The highest BCUT2D eigenvalue weighted by molar-refractivity contribution is 7.48. The van der Waals surface area contributed by atoms with Crippen LogP contribution >= 0.6 is 21.0 Å². The Labute approximate surface area is 101 Å². The largest absolute Gasteiger partial charge is 0.497 e. The van der Waals surface area contributed by atoms with Gasteiger partial charge in [-0.2, -0.15) is 0 Å². The van der Waals surface area contributed by atoms with E-state index in [1.807, 2.05) is 12.1 Å². The molecular weight excluding hydrogens is 227 g/mol. The highest BCUT2D eigenvalue weighted by Crippen LogP contribution is 2.33. The molecule has 0 bridgehead atoms. The first-order valence-corrected chi connectivity index (χ1v) is 5.99. The number of rotatable bonds is 4. The standard InChI is InChI=1S/C12H19OP.ClH/c1-5-12(2,3)14-11-8-6-10(13-4)7-9-11;/h6-9,14H,5H2,1-4H3;1H. The van der Waals surface area contributed by atoms with E-state index in [-0.39, 0.29) is 12.4 Å². The number of hydrogen-bond donors (Lipinski definition) is 0. The Balaban J connectivity index is 0.00000196. The third-order valence-corrected chi connectivity index (χ3v) is 4.11. The van der Waals surface area contributed by atoms with Crippen molar-refractivity contribution in [2.24, 2.45) is 0 Å². The van der Waals surface area contributed by atoms with Crippen molar-refractivity contribution in [3.05, 3.63) is 24.3 Å². The molecule has 0 N–H and O–H groups in total. The fraction of sp³-hybridized carbons (Fsp3) is 0.500. The summed E-state index contributed by atoms with van der Waals surface area (Å²) >= 11 is 0. The minimum Gasteiger partial charge on any atom is -0.497 e. The van der Waals surface area contributed by atoms with Gasteiger partial charge in [0, 0.05) is 0 Å². The van der Waals surface area contributed by atoms with Crippen molar-refractivity contribution in [2.75, 3.05) is 7.11 Å². The average molecular weight is 247 g/mol. The van der Waals surface area contributed by atoms with E-state index in [9.17, 15) is 0 Å². The summed E-state index contributed by atoms with van der Waals surface area (Å²) in [4.78, 5) is 0. The van der Waals surface area contributed by atoms with Crippen molar-refractivity contribution in [2.45, 2.75) is 32.3 Å². The Hall–Kier alpha value is -0.260. The molecule has 0 aliphatic rings. The van der Waals surface area contributed by atoms with Crippen LogP contribution in [0.5, 0.6) is 5.75 Å². The van der Waals surface area contributed by atoms with Crippen LogP contribution in [0.1, 0.15) is 27.2 Å². The Bertz CT molecular complexity index is 282. The van der Waals surface area contributed by atoms with Gasteiger partial charge in [0.1, 0.15) is 5.75 Å². The van der Waals surface area contributed by atoms with Crippen LogP contribution in [0.4, 0.5) is 0 Å². The van der Waals surface area contributed by atoms with Crippen LogP contribution in [-0.2, 0) is 0 Å². The monoisotopic (exact) mass is 246 g/mol. The van der Waals surface area contributed by atoms with Crippen LogP contribution in [0.3, 0.4) is 0 Å². The Morgan fingerprint density at radius 3 is 2.13 bits per heavy atom. The van der Waals surface area contributed by atoms with E-state index < -0.39 is 0 Å². The second-order valence-electron chi connectivity index (χ2n) is 4.09. The molecule has 0 amide bonds. The lowest BCUT2D eigenvalue weighted by molar-refractivity contribution is 0.415. The number of methoxy groups -OCH3 is 1. The maximum absolute atomic E-state index is 5.13. The number of ether oxygens (including phenoxy) is 1. The van der Waals surface area contributed by atoms with E-state index in [1.165, 1.54) is 11.7 Å². The lowest BCUT2D eigenvalue weighted by Gasteiger charge is -2.22. The van der Waals surface area contributed by atoms with Crippen LogP contribution in [0, 0.1) is 0 Å². The van der Waals surface area contributed by atoms with Crippen molar-refractivity contribution in [1.29, 1.82) is 0 Å². The lowest BCUT2D eigenvalue weighted by atomic mass is 10.1. The maximum Gasteiger partial charge on any atom is 0.118 e. The zero-order valence-corrected chi connectivity index (χ0v) is 11.6. The third-order valence-electron chi connectivity index (χ3n) is 2.46. The molecule has 1 atom stereocenters. The summed E-state index contributed by atoms with van der Waals surface area (Å²) in [5, 5.41) is 1.84. The number of benzene rings is 1. The molecule has 0 spiro atoms. The zero-order chi connectivity index (χ0) is 10.6. The molecule has 0 radical (unpaired) electrons. The molecular formula is C12H20ClOP. The van der Waals surface area contributed by atoms with E-state index in [2.05, 4.69) is 32.9 Å². The minimum atomic E-state index is 0. The van der Waals surface area contributed by atoms with Gasteiger partial charge in [-0.1, -0.05) is 41.5 Å². The highest BCUT2D eigenvalue weighted by atomic mass is 35.5. The van der Waals surface area contributed by atoms with Crippen LogP contribution < -0.4 is 10.0 Å². The van der Waals surface area contributed by atoms with Crippen LogP contribution in [-0.4, -0.2) is 12.3 Å². The van der Waals surface area contributed by atoms with E-state index in [0.29, 0.717) is 5.16 Å². The molecule has 1 nitrogen and oxygen atoms in total. The SMILES string of the molecule is CCC(C)(C)Pc1ccc(OC)cc1.Cl. The third kappa shape index (κ3) is 4.86. The predicted octanol–water partition coefficient (Wildman–Crippen LogP) is 3.61. The summed E-state index contributed by atoms with van der Waals surface area (Å²) in [5.74, 6) is 0.938. The van der Waals surface area contributed by atoms with Gasteiger partial charge in [-0.3, -0.25) is 0 Å². The summed E-state index contributed by atoms with van der Waals surface area (Å²) in [6.45, 7) is 6.88. The van der Waals surface area contributed by atoms with Crippen molar-refractivity contribution < 1.29 is 4.74 Å². The molecule has 86 valence electrons. The van der Waals surface area contributed by atoms with Crippen molar-refractivity contribution in [3.8, 4) is 5.75 Å². The second kappa shape index (κ2) is 6.35. The Kier molecular flexibility index (Phi) is 6.24. The minimum absolute atomic E-state index is 0. The van der Waals surface area contributed by atoms with Gasteiger partial charge in [0.15, 0.2) is 0 Å². The van der Waals surface area contributed by atoms with E-state index in [4.69, 9.17) is 4.74 Å². The van der Waals surface area contributed by atoms with Crippen molar-refractivity contribution >= 4 is 26.3 Å². The molecule has 0 aliphatic heterocycles. The summed E-state index contributed by atoms with van der Waals surface area (Å²) in [6.07, 6.45) is 1.22. The molecule has 1 rings (SSSR count). The van der Waals surface area contributed by atoms with Gasteiger partial charge in [-0.05, 0) is 29.0 Å². The molecule has 1 aromatic rings. The molecule has 0 heterocycles. The van der Waals surface area contributed by atoms with E-state index in [1.54, 1.807) is 7.11 Å². The van der Waals surface area contributed by atoms with E-state index in [0.717, 1.165) is 14.3 Å². The molecule has 1 aromatic carbocycles. The number of hydrogen-bond acceptors (Lipinski definition) is 1. The molecule has 3 heteroatoms. The fourth-order valence-electron chi connectivity index (χ4n) is 1.15. The topological polar surface area (TPSA) is 9.23 Å². The Morgan fingerprint density at radius 2 is 1.73 bits per heavy atom. The predicted molar refractivity (Wildman–Crippen MR) is 72.6 cm³/mol. The van der Waals surface area contributed by atoms with Crippen LogP contribution in [0.15, 0.2) is 24.3 Å². The first kappa shape index (κ1) is 14.7. The van der Waals surface area contributed by atoms with Gasteiger partial charge in [0.2, 0.25) is 0 Å². The fourth-order valence-corrected chi connectivity index (χ4v) is 2.45. The maximum atomic E-state index is 5.13. The smallest absolute Gasteiger partial charge is 0.118 e. The first-order valence-electron chi connectivity index (χ1n) is 4.99. The summed E-state index contributed by atoms with van der Waals surface area (Å²) in [5.41, 5.74) is 0. The van der Waals surface area contributed by atoms with Crippen LogP contribution in [0.2, 0.25) is 0 Å². The summed E-state index contributed by atoms with van der Waals surface area (Å²) < 4.78 is 5.13. The first-order chi connectivity index (χ1) is 6.57. The van der Waals surface area contributed by atoms with Gasteiger partial charge >= 0.3 is 0 Å². The van der Waals surface area contributed by atoms with E-state index >= 15 is 0 Å². The highest BCUT2D eigenvalue weighted by Gasteiger charge is 2.15. The number of halogens is 1. The van der Waals surface area contributed by atoms with Gasteiger partial charge < -0.3 is 4.74 Å². The summed E-state index contributed by atoms with van der Waals surface area (Å²) in [6, 6.07) is 8.39. The average Bonchev–Trinajstić information content (AvgIpc) is 2.19. The van der Waals surface area contributed by atoms with Crippen molar-refractivity contribution in [1.82, 2.24) is 0 Å². The van der Waals surface area contributed by atoms with Gasteiger partial charge in [-0.25, -0.2) is 0 Å². The van der Waals surface area contributed by atoms with Gasteiger partial charge in [-0.15, -0.1) is 12.4 Å². The zero-order valence-electron chi connectivity index (χ0n) is 9.83. The normalized spacial score (nSPS) is 11.5. The molecule has 15 heavy (non-hydrogen) atoms. The summed E-state index contributed by atoms with van der Waals surface area (Å²) in [7, 11) is 2.58. The lowest BCUT2D eigenvalue weighted by Crippen LogP contribution is -2.15. The molecule has 0 saturated heterocycles. The van der Waals surface area contributed by atoms with Crippen LogP contribution in [0.25, 0.3) is 0 Å². The molecule has 0 aromatic heterocycles. The second-order valence-corrected chi connectivity index (χ2v) is 6.27.